The van der Waals surface area contributed by atoms with Crippen molar-refractivity contribution in [2.24, 2.45) is 0 Å². The third kappa shape index (κ3) is 5.42. The van der Waals surface area contributed by atoms with E-state index in [1.54, 1.807) is 84.9 Å². The third-order valence-corrected chi connectivity index (χ3v) is 8.54. The van der Waals surface area contributed by atoms with Gasteiger partial charge in [0.25, 0.3) is 0 Å². The minimum Gasteiger partial charge on any atom is -0.508 e. The first-order chi connectivity index (χ1) is 23.4. The van der Waals surface area contributed by atoms with E-state index in [0.29, 0.717) is 22.6 Å². The van der Waals surface area contributed by atoms with Crippen LogP contribution in [0, 0.1) is 0 Å². The Bertz CT molecular complexity index is 2410. The summed E-state index contributed by atoms with van der Waals surface area (Å²) in [6, 6.07) is 43.6. The Balaban J connectivity index is 1.11. The summed E-state index contributed by atoms with van der Waals surface area (Å²) in [6.07, 6.45) is 0. The number of carbonyl (C=O) groups excluding carboxylic acids is 2. The highest BCUT2D eigenvalue weighted by atomic mass is 16.5. The van der Waals surface area contributed by atoms with Crippen LogP contribution in [0.2, 0.25) is 0 Å². The predicted octanol–water partition coefficient (Wildman–Crippen LogP) is 9.82. The summed E-state index contributed by atoms with van der Waals surface area (Å²) in [5, 5.41) is 26.6. The minimum atomic E-state index is -0.483. The van der Waals surface area contributed by atoms with E-state index in [1.165, 1.54) is 0 Å². The largest absolute Gasteiger partial charge is 0.508 e. The van der Waals surface area contributed by atoms with E-state index in [4.69, 9.17) is 9.47 Å². The fourth-order valence-electron chi connectivity index (χ4n) is 6.15. The molecule has 8 aromatic carbocycles. The molecule has 8 rings (SSSR count). The second kappa shape index (κ2) is 11.6. The SMILES string of the molecule is O=C(Oc1ccc2cccc(-c3cccc4ccc(OC(=O)c5ccc6cc(O)ccc6c5)cc34)c2c1)c1ccc2cc(O)ccc2c1. The van der Waals surface area contributed by atoms with Gasteiger partial charge in [-0.1, -0.05) is 72.8 Å². The van der Waals surface area contributed by atoms with Crippen molar-refractivity contribution in [2.45, 2.75) is 0 Å². The van der Waals surface area contributed by atoms with Crippen LogP contribution >= 0.6 is 0 Å². The number of esters is 2. The zero-order valence-corrected chi connectivity index (χ0v) is 25.4. The van der Waals surface area contributed by atoms with Crippen molar-refractivity contribution in [2.75, 3.05) is 0 Å². The van der Waals surface area contributed by atoms with Crippen molar-refractivity contribution >= 4 is 55.0 Å². The smallest absolute Gasteiger partial charge is 0.343 e. The van der Waals surface area contributed by atoms with Gasteiger partial charge in [0.1, 0.15) is 23.0 Å². The van der Waals surface area contributed by atoms with Crippen LogP contribution in [-0.2, 0) is 0 Å². The molecule has 0 radical (unpaired) electrons. The summed E-state index contributed by atoms with van der Waals surface area (Å²) in [4.78, 5) is 26.3. The number of phenolic OH excluding ortho intramolecular Hbond substituents is 2. The fourth-order valence-corrected chi connectivity index (χ4v) is 6.15. The molecule has 6 heteroatoms. The molecule has 0 aliphatic heterocycles. The van der Waals surface area contributed by atoms with E-state index in [-0.39, 0.29) is 11.5 Å². The molecule has 0 bridgehead atoms. The van der Waals surface area contributed by atoms with Gasteiger partial charge in [-0.05, 0) is 127 Å². The van der Waals surface area contributed by atoms with Gasteiger partial charge < -0.3 is 19.7 Å². The average molecular weight is 627 g/mol. The van der Waals surface area contributed by atoms with Crippen LogP contribution in [0.25, 0.3) is 54.2 Å². The van der Waals surface area contributed by atoms with Gasteiger partial charge in [0.05, 0.1) is 11.1 Å². The number of hydrogen-bond acceptors (Lipinski definition) is 6. The molecule has 0 aromatic heterocycles. The zero-order chi connectivity index (χ0) is 32.8. The van der Waals surface area contributed by atoms with E-state index < -0.39 is 11.9 Å². The molecule has 0 aliphatic rings. The first-order valence-electron chi connectivity index (χ1n) is 15.3. The van der Waals surface area contributed by atoms with Gasteiger partial charge in [-0.15, -0.1) is 0 Å². The molecule has 8 aromatic rings. The topological polar surface area (TPSA) is 93.1 Å². The second-order valence-corrected chi connectivity index (χ2v) is 11.6. The maximum absolute atomic E-state index is 13.2. The maximum Gasteiger partial charge on any atom is 0.343 e. The van der Waals surface area contributed by atoms with Crippen LogP contribution in [0.3, 0.4) is 0 Å². The number of aromatic hydroxyl groups is 2. The first-order valence-corrected chi connectivity index (χ1v) is 15.3. The molecule has 0 fully saturated rings. The van der Waals surface area contributed by atoms with E-state index in [1.807, 2.05) is 60.7 Å². The molecule has 2 N–H and O–H groups in total. The van der Waals surface area contributed by atoms with Gasteiger partial charge in [-0.2, -0.15) is 0 Å². The van der Waals surface area contributed by atoms with Crippen molar-refractivity contribution in [3.8, 4) is 34.1 Å². The van der Waals surface area contributed by atoms with Gasteiger partial charge in [0.2, 0.25) is 0 Å². The number of ether oxygens (including phenoxy) is 2. The molecule has 0 heterocycles. The summed E-state index contributed by atoms with van der Waals surface area (Å²) < 4.78 is 11.7. The molecular weight excluding hydrogens is 600 g/mol. The average Bonchev–Trinajstić information content (AvgIpc) is 3.10. The van der Waals surface area contributed by atoms with Crippen molar-refractivity contribution in [1.82, 2.24) is 0 Å². The van der Waals surface area contributed by atoms with E-state index in [9.17, 15) is 19.8 Å². The highest BCUT2D eigenvalue weighted by Crippen LogP contribution is 2.37. The van der Waals surface area contributed by atoms with Crippen molar-refractivity contribution in [3.63, 3.8) is 0 Å². The Kier molecular flexibility index (Phi) is 6.96. The lowest BCUT2D eigenvalue weighted by atomic mass is 9.94. The van der Waals surface area contributed by atoms with Gasteiger partial charge in [0, 0.05) is 0 Å². The monoisotopic (exact) mass is 626 g/mol. The Morgan fingerprint density at radius 1 is 0.396 bits per heavy atom. The number of hydrogen-bond donors (Lipinski definition) is 2. The molecular formula is C42H26O6. The van der Waals surface area contributed by atoms with Gasteiger partial charge >= 0.3 is 11.9 Å². The lowest BCUT2D eigenvalue weighted by Gasteiger charge is -2.13. The summed E-state index contributed by atoms with van der Waals surface area (Å²) in [5.41, 5.74) is 2.67. The van der Waals surface area contributed by atoms with E-state index in [2.05, 4.69) is 0 Å². The normalized spacial score (nSPS) is 11.2. The lowest BCUT2D eigenvalue weighted by Crippen LogP contribution is -2.08. The Hall–Kier alpha value is -6.66. The van der Waals surface area contributed by atoms with Crippen molar-refractivity contribution in [1.29, 1.82) is 0 Å². The minimum absolute atomic E-state index is 0.164. The molecule has 6 nitrogen and oxygen atoms in total. The number of benzene rings is 8. The van der Waals surface area contributed by atoms with Crippen LogP contribution in [0.4, 0.5) is 0 Å². The number of fused-ring (bicyclic) bond motifs is 4. The molecule has 0 amide bonds. The number of phenols is 2. The summed E-state index contributed by atoms with van der Waals surface area (Å²) in [6.45, 7) is 0. The van der Waals surface area contributed by atoms with Crippen molar-refractivity contribution < 1.29 is 29.3 Å². The Morgan fingerprint density at radius 2 is 0.792 bits per heavy atom. The Morgan fingerprint density at radius 3 is 1.25 bits per heavy atom. The van der Waals surface area contributed by atoms with Gasteiger partial charge in [0.15, 0.2) is 0 Å². The quantitative estimate of drug-likeness (QED) is 0.146. The number of carbonyl (C=O) groups is 2. The highest BCUT2D eigenvalue weighted by molar-refractivity contribution is 6.07. The Labute approximate surface area is 274 Å². The molecule has 0 saturated heterocycles. The second-order valence-electron chi connectivity index (χ2n) is 11.6. The molecule has 230 valence electrons. The zero-order valence-electron chi connectivity index (χ0n) is 25.4. The first kappa shape index (κ1) is 28.8. The van der Waals surface area contributed by atoms with Crippen molar-refractivity contribution in [3.05, 3.63) is 157 Å². The highest BCUT2D eigenvalue weighted by Gasteiger charge is 2.15. The van der Waals surface area contributed by atoms with Crippen LogP contribution in [0.5, 0.6) is 23.0 Å². The summed E-state index contributed by atoms with van der Waals surface area (Å²) >= 11 is 0. The predicted molar refractivity (Wildman–Crippen MR) is 188 cm³/mol. The standard InChI is InChI=1S/C42H26O6/c43-33-15-11-27-19-31(9-7-29(27)21-33)41(45)47-35-17-13-25-3-1-5-37(39(25)23-35)38-6-2-4-26-14-18-36(24-40(26)38)48-42(46)32-10-8-30-22-34(44)16-12-28(30)20-32/h1-24,43-44H. The van der Waals surface area contributed by atoms with Crippen LogP contribution in [-0.4, -0.2) is 22.2 Å². The lowest BCUT2D eigenvalue weighted by molar-refractivity contribution is 0.0725. The van der Waals surface area contributed by atoms with E-state index in [0.717, 1.165) is 54.2 Å². The summed E-state index contributed by atoms with van der Waals surface area (Å²) in [5.74, 6) is 0.179. The van der Waals surface area contributed by atoms with Crippen LogP contribution < -0.4 is 9.47 Å². The van der Waals surface area contributed by atoms with Crippen LogP contribution in [0.15, 0.2) is 146 Å². The molecule has 0 aliphatic carbocycles. The molecule has 48 heavy (non-hydrogen) atoms. The fraction of sp³-hybridized carbons (Fsp3) is 0. The number of rotatable bonds is 5. The third-order valence-electron chi connectivity index (χ3n) is 8.54. The van der Waals surface area contributed by atoms with Crippen LogP contribution in [0.1, 0.15) is 20.7 Å². The molecule has 0 saturated carbocycles. The summed E-state index contributed by atoms with van der Waals surface area (Å²) in [7, 11) is 0. The molecule has 0 spiro atoms. The maximum atomic E-state index is 13.2. The molecule has 0 atom stereocenters. The van der Waals surface area contributed by atoms with E-state index >= 15 is 0 Å². The molecule has 0 unspecified atom stereocenters. The van der Waals surface area contributed by atoms with Gasteiger partial charge in [-0.25, -0.2) is 9.59 Å². The van der Waals surface area contributed by atoms with Gasteiger partial charge in [-0.3, -0.25) is 0 Å².